The number of hydrogen-bond acceptors (Lipinski definition) is 2. The van der Waals surface area contributed by atoms with Crippen molar-refractivity contribution < 1.29 is 18.0 Å². The molecule has 0 radical (unpaired) electrons. The van der Waals surface area contributed by atoms with E-state index in [-0.39, 0.29) is 12.2 Å². The van der Waals surface area contributed by atoms with E-state index in [9.17, 15) is 18.0 Å². The van der Waals surface area contributed by atoms with Crippen LogP contribution in [-0.2, 0) is 6.54 Å². The van der Waals surface area contributed by atoms with Crippen LogP contribution in [0.25, 0.3) is 0 Å². The van der Waals surface area contributed by atoms with Gasteiger partial charge >= 0.3 is 0 Å². The van der Waals surface area contributed by atoms with Crippen molar-refractivity contribution in [2.45, 2.75) is 13.5 Å². The molecule has 0 N–H and O–H groups in total. The van der Waals surface area contributed by atoms with E-state index in [0.29, 0.717) is 12.1 Å². The van der Waals surface area contributed by atoms with E-state index in [1.54, 1.807) is 6.92 Å². The van der Waals surface area contributed by atoms with Gasteiger partial charge in [-0.3, -0.25) is 4.79 Å². The molecule has 1 aromatic heterocycles. The topological polar surface area (TPSA) is 33.2 Å². The van der Waals surface area contributed by atoms with Crippen LogP contribution in [0, 0.1) is 17.6 Å². The third-order valence-corrected chi connectivity index (χ3v) is 2.96. The fraction of sp³-hybridized carbons (Fsp3) is 0.200. The highest BCUT2D eigenvalue weighted by Gasteiger charge is 2.17. The highest BCUT2D eigenvalue weighted by atomic mass is 19.2. The number of nitrogens with zero attached hydrogens (tertiary/aromatic N) is 2. The molecule has 0 aliphatic rings. The zero-order valence-electron chi connectivity index (χ0n) is 11.3. The lowest BCUT2D eigenvalue weighted by molar-refractivity contribution is 0.0745. The maximum Gasteiger partial charge on any atom is 0.272 e. The average molecular weight is 294 g/mol. The number of rotatable bonds is 4. The number of pyridine rings is 1. The van der Waals surface area contributed by atoms with Crippen LogP contribution in [0.5, 0.6) is 0 Å². The second-order valence-corrected chi connectivity index (χ2v) is 4.41. The van der Waals surface area contributed by atoms with Gasteiger partial charge in [-0.25, -0.2) is 13.8 Å². The Kier molecular flexibility index (Phi) is 4.57. The molecule has 1 amide bonds. The van der Waals surface area contributed by atoms with Gasteiger partial charge in [0.1, 0.15) is 5.69 Å². The van der Waals surface area contributed by atoms with Gasteiger partial charge in [-0.05, 0) is 36.8 Å². The van der Waals surface area contributed by atoms with Crippen LogP contribution < -0.4 is 0 Å². The lowest BCUT2D eigenvalue weighted by Gasteiger charge is -2.20. The molecular formula is C15H13F3N2O. The zero-order chi connectivity index (χ0) is 15.4. The standard InChI is InChI=1S/C15H13F3N2O/c1-2-20(9-10-6-7-11(16)12(17)8-10)15(21)13-4-3-5-14(18)19-13/h3-8H,2,9H2,1H3. The predicted molar refractivity (Wildman–Crippen MR) is 71.0 cm³/mol. The monoisotopic (exact) mass is 294 g/mol. The fourth-order valence-electron chi connectivity index (χ4n) is 1.87. The van der Waals surface area contributed by atoms with Crippen molar-refractivity contribution in [2.24, 2.45) is 0 Å². The average Bonchev–Trinajstić information content (AvgIpc) is 2.47. The van der Waals surface area contributed by atoms with Gasteiger partial charge in [0, 0.05) is 13.1 Å². The predicted octanol–water partition coefficient (Wildman–Crippen LogP) is 3.16. The maximum atomic E-state index is 13.2. The lowest BCUT2D eigenvalue weighted by Crippen LogP contribution is -2.31. The first kappa shape index (κ1) is 15.0. The number of aromatic nitrogens is 1. The SMILES string of the molecule is CCN(Cc1ccc(F)c(F)c1)C(=O)c1cccc(F)n1. The summed E-state index contributed by atoms with van der Waals surface area (Å²) in [6, 6.07) is 7.36. The Morgan fingerprint density at radius 3 is 2.52 bits per heavy atom. The van der Waals surface area contributed by atoms with Crippen molar-refractivity contribution in [1.82, 2.24) is 9.88 Å². The first-order valence-corrected chi connectivity index (χ1v) is 6.37. The molecule has 110 valence electrons. The van der Waals surface area contributed by atoms with Gasteiger partial charge in [-0.15, -0.1) is 0 Å². The number of hydrogen-bond donors (Lipinski definition) is 0. The van der Waals surface area contributed by atoms with Crippen molar-refractivity contribution in [3.63, 3.8) is 0 Å². The molecule has 1 heterocycles. The minimum Gasteiger partial charge on any atom is -0.333 e. The Morgan fingerprint density at radius 1 is 1.14 bits per heavy atom. The summed E-state index contributed by atoms with van der Waals surface area (Å²) in [5.74, 6) is -3.13. The zero-order valence-corrected chi connectivity index (χ0v) is 11.3. The van der Waals surface area contributed by atoms with Gasteiger partial charge in [0.25, 0.3) is 5.91 Å². The van der Waals surface area contributed by atoms with E-state index in [4.69, 9.17) is 0 Å². The minimum atomic E-state index is -0.972. The minimum absolute atomic E-state index is 0.0283. The summed E-state index contributed by atoms with van der Waals surface area (Å²) in [7, 11) is 0. The highest BCUT2D eigenvalue weighted by Crippen LogP contribution is 2.13. The molecule has 2 rings (SSSR count). The Balaban J connectivity index is 2.19. The summed E-state index contributed by atoms with van der Waals surface area (Å²) >= 11 is 0. The second-order valence-electron chi connectivity index (χ2n) is 4.41. The fourth-order valence-corrected chi connectivity index (χ4v) is 1.87. The Morgan fingerprint density at radius 2 is 1.90 bits per heavy atom. The summed E-state index contributed by atoms with van der Waals surface area (Å²) in [4.78, 5) is 17.1. The molecular weight excluding hydrogens is 281 g/mol. The van der Waals surface area contributed by atoms with Crippen LogP contribution in [0.4, 0.5) is 13.2 Å². The van der Waals surface area contributed by atoms with Gasteiger partial charge in [0.05, 0.1) is 0 Å². The molecule has 21 heavy (non-hydrogen) atoms. The largest absolute Gasteiger partial charge is 0.333 e. The van der Waals surface area contributed by atoms with Crippen molar-refractivity contribution in [2.75, 3.05) is 6.54 Å². The van der Waals surface area contributed by atoms with Crippen LogP contribution in [-0.4, -0.2) is 22.3 Å². The van der Waals surface area contributed by atoms with Gasteiger partial charge in [0.15, 0.2) is 11.6 Å². The molecule has 0 saturated heterocycles. The van der Waals surface area contributed by atoms with Gasteiger partial charge in [-0.2, -0.15) is 4.39 Å². The molecule has 0 fully saturated rings. The molecule has 2 aromatic rings. The lowest BCUT2D eigenvalue weighted by atomic mass is 10.2. The van der Waals surface area contributed by atoms with Crippen LogP contribution in [0.1, 0.15) is 23.0 Å². The quantitative estimate of drug-likeness (QED) is 0.812. The first-order chi connectivity index (χ1) is 10.0. The molecule has 6 heteroatoms. The molecule has 0 aliphatic heterocycles. The summed E-state index contributed by atoms with van der Waals surface area (Å²) < 4.78 is 39.1. The van der Waals surface area contributed by atoms with E-state index in [1.807, 2.05) is 0 Å². The van der Waals surface area contributed by atoms with Gasteiger partial charge in [-0.1, -0.05) is 12.1 Å². The summed E-state index contributed by atoms with van der Waals surface area (Å²) in [6.45, 7) is 2.15. The third-order valence-electron chi connectivity index (χ3n) is 2.96. The van der Waals surface area contributed by atoms with E-state index in [2.05, 4.69) is 4.98 Å². The Labute approximate surface area is 120 Å². The van der Waals surface area contributed by atoms with Crippen LogP contribution in [0.2, 0.25) is 0 Å². The smallest absolute Gasteiger partial charge is 0.272 e. The van der Waals surface area contributed by atoms with Crippen molar-refractivity contribution in [3.8, 4) is 0 Å². The molecule has 0 saturated carbocycles. The van der Waals surface area contributed by atoms with Crippen LogP contribution >= 0.6 is 0 Å². The number of halogens is 3. The summed E-state index contributed by atoms with van der Waals surface area (Å²) in [6.07, 6.45) is 0. The van der Waals surface area contributed by atoms with Gasteiger partial charge in [0.2, 0.25) is 5.95 Å². The number of benzene rings is 1. The molecule has 0 unspecified atom stereocenters. The highest BCUT2D eigenvalue weighted by molar-refractivity contribution is 5.92. The second kappa shape index (κ2) is 6.39. The van der Waals surface area contributed by atoms with E-state index < -0.39 is 23.5 Å². The van der Waals surface area contributed by atoms with E-state index >= 15 is 0 Å². The van der Waals surface area contributed by atoms with Crippen molar-refractivity contribution in [1.29, 1.82) is 0 Å². The maximum absolute atomic E-state index is 13.2. The molecule has 0 bridgehead atoms. The molecule has 0 aliphatic carbocycles. The molecule has 0 atom stereocenters. The molecule has 3 nitrogen and oxygen atoms in total. The Hall–Kier alpha value is -2.37. The van der Waals surface area contributed by atoms with Crippen LogP contribution in [0.3, 0.4) is 0 Å². The van der Waals surface area contributed by atoms with Gasteiger partial charge < -0.3 is 4.90 Å². The number of amides is 1. The van der Waals surface area contributed by atoms with E-state index in [1.165, 1.54) is 23.1 Å². The molecule has 1 aromatic carbocycles. The third kappa shape index (κ3) is 3.59. The van der Waals surface area contributed by atoms with Crippen molar-refractivity contribution >= 4 is 5.91 Å². The normalized spacial score (nSPS) is 10.5. The molecule has 0 spiro atoms. The van der Waals surface area contributed by atoms with Crippen molar-refractivity contribution in [3.05, 3.63) is 65.2 Å². The number of carbonyl (C=O) groups is 1. The van der Waals surface area contributed by atoms with Crippen LogP contribution in [0.15, 0.2) is 36.4 Å². The Bertz CT molecular complexity index is 661. The first-order valence-electron chi connectivity index (χ1n) is 6.37. The summed E-state index contributed by atoms with van der Waals surface area (Å²) in [5, 5.41) is 0. The summed E-state index contributed by atoms with van der Waals surface area (Å²) in [5.41, 5.74) is 0.417. The number of carbonyl (C=O) groups excluding carboxylic acids is 1. The van der Waals surface area contributed by atoms with E-state index in [0.717, 1.165) is 18.2 Å².